The van der Waals surface area contributed by atoms with Crippen LogP contribution in [-0.4, -0.2) is 68.2 Å². The lowest BCUT2D eigenvalue weighted by molar-refractivity contribution is -0.325. The molecule has 2 heterocycles. The molecule has 0 spiro atoms. The Labute approximate surface area is 346 Å². The average Bonchev–Trinajstić information content (AvgIpc) is 3.28. The molecule has 5 aromatic carbocycles. The van der Waals surface area contributed by atoms with Crippen LogP contribution in [0.25, 0.3) is 0 Å². The lowest BCUT2D eigenvalue weighted by atomic mass is 9.97. The van der Waals surface area contributed by atoms with Crippen molar-refractivity contribution in [3.63, 3.8) is 0 Å². The highest BCUT2D eigenvalue weighted by molar-refractivity contribution is 5.66. The van der Waals surface area contributed by atoms with E-state index in [9.17, 15) is 4.79 Å². The molecule has 1 saturated heterocycles. The zero-order chi connectivity index (χ0) is 40.5. The van der Waals surface area contributed by atoms with Crippen LogP contribution < -0.4 is 0 Å². The largest absolute Gasteiger partial charge is 0.493 e. The molecule has 0 radical (unpaired) electrons. The zero-order valence-corrected chi connectivity index (χ0v) is 33.2. The lowest BCUT2D eigenvalue weighted by Gasteiger charge is -2.45. The molecule has 2 aliphatic rings. The van der Waals surface area contributed by atoms with Gasteiger partial charge in [0.25, 0.3) is 0 Å². The average molecular weight is 801 g/mol. The van der Waals surface area contributed by atoms with Crippen LogP contribution in [0.4, 0.5) is 0 Å². The van der Waals surface area contributed by atoms with Crippen molar-refractivity contribution in [2.45, 2.75) is 89.0 Å². The van der Waals surface area contributed by atoms with Gasteiger partial charge in [-0.05, 0) is 33.9 Å². The molecular weight excluding hydrogens is 749 g/mol. The van der Waals surface area contributed by atoms with Gasteiger partial charge in [0.15, 0.2) is 18.5 Å². The van der Waals surface area contributed by atoms with Crippen molar-refractivity contribution in [2.75, 3.05) is 13.2 Å². The van der Waals surface area contributed by atoms with E-state index in [0.29, 0.717) is 19.8 Å². The molecule has 10 nitrogen and oxygen atoms in total. The number of esters is 1. The number of hydrogen-bond acceptors (Lipinski definition) is 10. The number of ether oxygens (including phenoxy) is 9. The zero-order valence-electron chi connectivity index (χ0n) is 33.2. The van der Waals surface area contributed by atoms with E-state index in [-0.39, 0.29) is 26.4 Å². The van der Waals surface area contributed by atoms with E-state index in [2.05, 4.69) is 0 Å². The third kappa shape index (κ3) is 12.7. The third-order valence-corrected chi connectivity index (χ3v) is 10.1. The monoisotopic (exact) mass is 800 g/mol. The van der Waals surface area contributed by atoms with Gasteiger partial charge in [0.1, 0.15) is 30.5 Å². The minimum atomic E-state index is -1.09. The van der Waals surface area contributed by atoms with Gasteiger partial charge in [-0.2, -0.15) is 0 Å². The standard InChI is InChI=1S/C49H52O10/c1-36(50)58-48-47(56-33-41-25-15-6-16-26-41)46(55-32-40-23-13-5-14-24-40)44(34-51-29-37-17-7-2-8-18-37)59-49(48)57-35-43-45(54-31-39-21-11-4-12-22-39)42(27-28-52-43)53-30-38-19-9-3-10-20-38/h2-28,42-49H,29-35H2,1H3/t42-,43-,44-,45+,46-,47+,48+,49-/m1/s1. The van der Waals surface area contributed by atoms with Crippen LogP contribution in [0.15, 0.2) is 164 Å². The molecule has 1 fully saturated rings. The van der Waals surface area contributed by atoms with Crippen LogP contribution >= 0.6 is 0 Å². The van der Waals surface area contributed by atoms with Crippen LogP contribution in [0.5, 0.6) is 0 Å². The van der Waals surface area contributed by atoms with E-state index in [4.69, 9.17) is 42.6 Å². The van der Waals surface area contributed by atoms with Crippen molar-refractivity contribution in [3.05, 3.63) is 192 Å². The van der Waals surface area contributed by atoms with E-state index >= 15 is 0 Å². The van der Waals surface area contributed by atoms with Gasteiger partial charge in [0.05, 0.1) is 52.5 Å². The summed E-state index contributed by atoms with van der Waals surface area (Å²) >= 11 is 0. The van der Waals surface area contributed by atoms with E-state index in [1.54, 1.807) is 6.26 Å². The van der Waals surface area contributed by atoms with Crippen LogP contribution in [-0.2, 0) is 80.5 Å². The third-order valence-electron chi connectivity index (χ3n) is 10.1. The van der Waals surface area contributed by atoms with Gasteiger partial charge in [0.2, 0.25) is 0 Å². The van der Waals surface area contributed by atoms with Gasteiger partial charge < -0.3 is 42.6 Å². The fraction of sp³-hybridized carbons (Fsp3) is 0.327. The predicted molar refractivity (Wildman–Crippen MR) is 220 cm³/mol. The Hall–Kier alpha value is -5.17. The molecule has 8 atom stereocenters. The Morgan fingerprint density at radius 1 is 0.475 bits per heavy atom. The summed E-state index contributed by atoms with van der Waals surface area (Å²) in [5, 5.41) is 0. The number of carbonyl (C=O) groups is 1. The molecule has 59 heavy (non-hydrogen) atoms. The Balaban J connectivity index is 1.14. The maximum absolute atomic E-state index is 12.9. The quantitative estimate of drug-likeness (QED) is 0.0718. The first-order valence-corrected chi connectivity index (χ1v) is 20.1. The second-order valence-corrected chi connectivity index (χ2v) is 14.5. The smallest absolute Gasteiger partial charge is 0.303 e. The van der Waals surface area contributed by atoms with Crippen LogP contribution in [0.2, 0.25) is 0 Å². The Morgan fingerprint density at radius 3 is 1.41 bits per heavy atom. The van der Waals surface area contributed by atoms with E-state index in [0.717, 1.165) is 27.8 Å². The molecule has 0 bridgehead atoms. The first-order chi connectivity index (χ1) is 29.1. The molecule has 0 N–H and O–H groups in total. The van der Waals surface area contributed by atoms with Crippen LogP contribution in [0, 0.1) is 0 Å². The number of carbonyl (C=O) groups excluding carboxylic acids is 1. The van der Waals surface area contributed by atoms with Gasteiger partial charge in [-0.1, -0.05) is 152 Å². The van der Waals surface area contributed by atoms with Crippen molar-refractivity contribution in [2.24, 2.45) is 0 Å². The van der Waals surface area contributed by atoms with Crippen molar-refractivity contribution >= 4 is 5.97 Å². The topological polar surface area (TPSA) is 100 Å². The summed E-state index contributed by atoms with van der Waals surface area (Å²) < 4.78 is 58.2. The van der Waals surface area contributed by atoms with Crippen LogP contribution in [0.3, 0.4) is 0 Å². The summed E-state index contributed by atoms with van der Waals surface area (Å²) in [6.07, 6.45) is -2.46. The summed E-state index contributed by atoms with van der Waals surface area (Å²) in [5.74, 6) is -0.517. The fourth-order valence-electron chi connectivity index (χ4n) is 7.09. The maximum Gasteiger partial charge on any atom is 0.303 e. The summed E-state index contributed by atoms with van der Waals surface area (Å²) in [7, 11) is 0. The molecule has 0 aliphatic carbocycles. The molecule has 0 amide bonds. The SMILES string of the molecule is CC(=O)O[C@@H]1[C@H](OC[C@H]2OC=C[C@@H](OCc3ccccc3)[C@@H]2OCc2ccccc2)O[C@H](COCc2ccccc2)[C@@H](OCc2ccccc2)[C@@H]1OCc1ccccc1. The normalized spacial score (nSPS) is 23.9. The molecule has 2 aliphatic heterocycles. The van der Waals surface area contributed by atoms with E-state index in [1.165, 1.54) is 6.92 Å². The summed E-state index contributed by atoms with van der Waals surface area (Å²) in [5.41, 5.74) is 4.97. The van der Waals surface area contributed by atoms with Crippen molar-refractivity contribution in [1.82, 2.24) is 0 Å². The van der Waals surface area contributed by atoms with Gasteiger partial charge >= 0.3 is 5.97 Å². The summed E-state index contributed by atoms with van der Waals surface area (Å²) in [6, 6.07) is 49.5. The van der Waals surface area contributed by atoms with Crippen molar-refractivity contribution in [3.8, 4) is 0 Å². The molecule has 0 aromatic heterocycles. The molecular formula is C49H52O10. The predicted octanol–water partition coefficient (Wildman–Crippen LogP) is 8.13. The maximum atomic E-state index is 12.9. The molecule has 0 saturated carbocycles. The van der Waals surface area contributed by atoms with Crippen LogP contribution in [0.1, 0.15) is 34.7 Å². The number of hydrogen-bond donors (Lipinski definition) is 0. The Morgan fingerprint density at radius 2 is 0.915 bits per heavy atom. The highest BCUT2D eigenvalue weighted by Crippen LogP contribution is 2.32. The molecule has 10 heteroatoms. The summed E-state index contributed by atoms with van der Waals surface area (Å²) in [6.45, 7) is 3.07. The molecule has 7 rings (SSSR count). The second-order valence-electron chi connectivity index (χ2n) is 14.5. The molecule has 5 aromatic rings. The fourth-order valence-corrected chi connectivity index (χ4v) is 7.09. The number of rotatable bonds is 20. The van der Waals surface area contributed by atoms with Gasteiger partial charge in [-0.25, -0.2) is 0 Å². The highest BCUT2D eigenvalue weighted by atomic mass is 16.7. The first kappa shape index (κ1) is 42.0. The summed E-state index contributed by atoms with van der Waals surface area (Å²) in [4.78, 5) is 12.9. The molecule has 308 valence electrons. The van der Waals surface area contributed by atoms with E-state index in [1.807, 2.05) is 158 Å². The minimum absolute atomic E-state index is 0.00988. The van der Waals surface area contributed by atoms with E-state index < -0.39 is 55.0 Å². The first-order valence-electron chi connectivity index (χ1n) is 20.1. The molecule has 0 unspecified atom stereocenters. The van der Waals surface area contributed by atoms with Gasteiger partial charge in [-0.3, -0.25) is 4.79 Å². The minimum Gasteiger partial charge on any atom is -0.493 e. The number of benzene rings is 5. The van der Waals surface area contributed by atoms with Crippen molar-refractivity contribution < 1.29 is 47.4 Å². The highest BCUT2D eigenvalue weighted by Gasteiger charge is 2.51. The second kappa shape index (κ2) is 22.3. The Kier molecular flexibility index (Phi) is 15.8. The van der Waals surface area contributed by atoms with Crippen molar-refractivity contribution in [1.29, 1.82) is 0 Å². The van der Waals surface area contributed by atoms with Gasteiger partial charge in [0, 0.05) is 6.92 Å². The lowest BCUT2D eigenvalue weighted by Crippen LogP contribution is -2.62. The van der Waals surface area contributed by atoms with Gasteiger partial charge in [-0.15, -0.1) is 0 Å². The Bertz CT molecular complexity index is 1970.